The molecule has 15 heavy (non-hydrogen) atoms. The lowest BCUT2D eigenvalue weighted by Crippen LogP contribution is -2.35. The van der Waals surface area contributed by atoms with Gasteiger partial charge in [0.25, 0.3) is 0 Å². The van der Waals surface area contributed by atoms with E-state index < -0.39 is 0 Å². The Bertz CT molecular complexity index is 256. The third-order valence-electron chi connectivity index (χ3n) is 2.43. The summed E-state index contributed by atoms with van der Waals surface area (Å²) in [7, 11) is 0. The quantitative estimate of drug-likeness (QED) is 0.418. The molecule has 1 unspecified atom stereocenters. The molecule has 1 aliphatic rings. The zero-order valence-corrected chi connectivity index (χ0v) is 10.1. The summed E-state index contributed by atoms with van der Waals surface area (Å²) in [4.78, 5) is 5.91. The Balaban J connectivity index is 2.53. The van der Waals surface area contributed by atoms with Gasteiger partial charge in [0.05, 0.1) is 6.10 Å². The predicted molar refractivity (Wildman–Crippen MR) is 62.8 cm³/mol. The van der Waals surface area contributed by atoms with Gasteiger partial charge >= 0.3 is 0 Å². The van der Waals surface area contributed by atoms with Gasteiger partial charge in [0.1, 0.15) is 0 Å². The van der Waals surface area contributed by atoms with Crippen molar-refractivity contribution in [1.82, 2.24) is 4.90 Å². The Morgan fingerprint density at radius 3 is 3.00 bits per heavy atom. The van der Waals surface area contributed by atoms with Crippen LogP contribution >= 0.6 is 11.8 Å². The Morgan fingerprint density at radius 2 is 2.53 bits per heavy atom. The van der Waals surface area contributed by atoms with Crippen LogP contribution < -0.4 is 0 Å². The minimum Gasteiger partial charge on any atom is -0.376 e. The molecular weight excluding hydrogens is 210 g/mol. The van der Waals surface area contributed by atoms with E-state index in [2.05, 4.69) is 16.8 Å². The average Bonchev–Trinajstić information content (AvgIpc) is 2.75. The first-order valence-electron chi connectivity index (χ1n) is 5.19. The molecule has 1 saturated heterocycles. The SMILES string of the molecule is CCN(CC1CCCO1)C(=NC#N)SC. The third-order valence-corrected chi connectivity index (χ3v) is 3.14. The van der Waals surface area contributed by atoms with Crippen molar-refractivity contribution in [2.75, 3.05) is 26.0 Å². The highest BCUT2D eigenvalue weighted by Crippen LogP contribution is 2.15. The van der Waals surface area contributed by atoms with Crippen LogP contribution in [0.25, 0.3) is 0 Å². The lowest BCUT2D eigenvalue weighted by molar-refractivity contribution is 0.0930. The van der Waals surface area contributed by atoms with Crippen molar-refractivity contribution in [3.63, 3.8) is 0 Å². The van der Waals surface area contributed by atoms with Crippen molar-refractivity contribution in [3.8, 4) is 6.19 Å². The van der Waals surface area contributed by atoms with Gasteiger partial charge < -0.3 is 9.64 Å². The van der Waals surface area contributed by atoms with Gasteiger partial charge in [-0.05, 0) is 26.0 Å². The summed E-state index contributed by atoms with van der Waals surface area (Å²) in [5.74, 6) is 0. The summed E-state index contributed by atoms with van der Waals surface area (Å²) in [5.41, 5.74) is 0. The fourth-order valence-corrected chi connectivity index (χ4v) is 2.26. The maximum atomic E-state index is 8.56. The molecule has 1 heterocycles. The molecule has 0 spiro atoms. The second-order valence-corrected chi connectivity index (χ2v) is 4.15. The van der Waals surface area contributed by atoms with Crippen molar-refractivity contribution in [2.24, 2.45) is 4.99 Å². The Morgan fingerprint density at radius 1 is 1.73 bits per heavy atom. The minimum absolute atomic E-state index is 0.306. The van der Waals surface area contributed by atoms with Gasteiger partial charge in [0.15, 0.2) is 5.17 Å². The van der Waals surface area contributed by atoms with Crippen LogP contribution in [0.4, 0.5) is 0 Å². The number of nitriles is 1. The molecule has 0 radical (unpaired) electrons. The standard InChI is InChI=1S/C10H17N3OS/c1-3-13(10(15-2)12-8-11)7-9-5-4-6-14-9/h9H,3-7H2,1-2H3. The normalized spacial score (nSPS) is 21.4. The number of ether oxygens (including phenoxy) is 1. The molecule has 5 heteroatoms. The summed E-state index contributed by atoms with van der Waals surface area (Å²) in [6.45, 7) is 4.64. The largest absolute Gasteiger partial charge is 0.376 e. The van der Waals surface area contributed by atoms with Crippen LogP contribution in [0.3, 0.4) is 0 Å². The van der Waals surface area contributed by atoms with Crippen molar-refractivity contribution in [3.05, 3.63) is 0 Å². The second kappa shape index (κ2) is 6.70. The highest BCUT2D eigenvalue weighted by atomic mass is 32.2. The molecule has 0 aromatic rings. The number of rotatable bonds is 3. The molecule has 4 nitrogen and oxygen atoms in total. The number of hydrogen-bond acceptors (Lipinski definition) is 4. The minimum atomic E-state index is 0.306. The molecular formula is C10H17N3OS. The summed E-state index contributed by atoms with van der Waals surface area (Å²) < 4.78 is 5.57. The molecule has 0 amide bonds. The van der Waals surface area contributed by atoms with Crippen LogP contribution in [0.15, 0.2) is 4.99 Å². The van der Waals surface area contributed by atoms with E-state index in [9.17, 15) is 0 Å². The van der Waals surface area contributed by atoms with E-state index in [1.165, 1.54) is 11.8 Å². The second-order valence-electron chi connectivity index (χ2n) is 3.37. The van der Waals surface area contributed by atoms with E-state index in [-0.39, 0.29) is 0 Å². The maximum Gasteiger partial charge on any atom is 0.208 e. The van der Waals surface area contributed by atoms with Gasteiger partial charge in [-0.1, -0.05) is 11.8 Å². The summed E-state index contributed by atoms with van der Waals surface area (Å²) >= 11 is 1.51. The van der Waals surface area contributed by atoms with Crippen molar-refractivity contribution in [2.45, 2.75) is 25.9 Å². The predicted octanol–water partition coefficient (Wildman–Crippen LogP) is 1.69. The Hall–Kier alpha value is -0.730. The number of amidine groups is 1. The molecule has 0 aromatic carbocycles. The summed E-state index contributed by atoms with van der Waals surface area (Å²) in [6, 6.07) is 0. The van der Waals surface area contributed by atoms with Crippen LogP contribution in [0.1, 0.15) is 19.8 Å². The van der Waals surface area contributed by atoms with E-state index >= 15 is 0 Å². The van der Waals surface area contributed by atoms with E-state index in [4.69, 9.17) is 10.00 Å². The van der Waals surface area contributed by atoms with E-state index in [0.717, 1.165) is 37.7 Å². The van der Waals surface area contributed by atoms with E-state index in [1.807, 2.05) is 12.4 Å². The molecule has 0 bridgehead atoms. The smallest absolute Gasteiger partial charge is 0.208 e. The van der Waals surface area contributed by atoms with Gasteiger partial charge in [-0.15, -0.1) is 4.99 Å². The number of hydrogen-bond donors (Lipinski definition) is 0. The molecule has 0 N–H and O–H groups in total. The van der Waals surface area contributed by atoms with Crippen LogP contribution in [-0.2, 0) is 4.74 Å². The highest BCUT2D eigenvalue weighted by molar-refractivity contribution is 8.13. The van der Waals surface area contributed by atoms with Crippen LogP contribution in [-0.4, -0.2) is 42.1 Å². The lowest BCUT2D eigenvalue weighted by Gasteiger charge is -2.25. The van der Waals surface area contributed by atoms with Gasteiger partial charge in [-0.3, -0.25) is 0 Å². The van der Waals surface area contributed by atoms with E-state index in [0.29, 0.717) is 6.10 Å². The van der Waals surface area contributed by atoms with Crippen molar-refractivity contribution < 1.29 is 4.74 Å². The van der Waals surface area contributed by atoms with Gasteiger partial charge in [0, 0.05) is 19.7 Å². The zero-order valence-electron chi connectivity index (χ0n) is 9.27. The number of likely N-dealkylation sites (N-methyl/N-ethyl adjacent to an activating group) is 1. The first-order valence-corrected chi connectivity index (χ1v) is 6.41. The monoisotopic (exact) mass is 227 g/mol. The van der Waals surface area contributed by atoms with Crippen LogP contribution in [0.5, 0.6) is 0 Å². The zero-order chi connectivity index (χ0) is 11.1. The molecule has 0 saturated carbocycles. The van der Waals surface area contributed by atoms with Crippen LogP contribution in [0, 0.1) is 11.5 Å². The molecule has 1 fully saturated rings. The van der Waals surface area contributed by atoms with Crippen LogP contribution in [0.2, 0.25) is 0 Å². The lowest BCUT2D eigenvalue weighted by atomic mass is 10.2. The average molecular weight is 227 g/mol. The molecule has 1 atom stereocenters. The number of aliphatic imine (C=N–C) groups is 1. The summed E-state index contributed by atoms with van der Waals surface area (Å²) in [5, 5.41) is 9.35. The Kier molecular flexibility index (Phi) is 5.51. The highest BCUT2D eigenvalue weighted by Gasteiger charge is 2.20. The van der Waals surface area contributed by atoms with Crippen molar-refractivity contribution in [1.29, 1.82) is 5.26 Å². The fraction of sp³-hybridized carbons (Fsp3) is 0.800. The molecule has 1 aliphatic heterocycles. The first-order chi connectivity index (χ1) is 7.31. The molecule has 1 rings (SSSR count). The Labute approximate surface area is 95.3 Å². The fourth-order valence-electron chi connectivity index (χ4n) is 1.66. The maximum absolute atomic E-state index is 8.56. The van der Waals surface area contributed by atoms with Gasteiger partial charge in [0.2, 0.25) is 6.19 Å². The van der Waals surface area contributed by atoms with Crippen molar-refractivity contribution >= 4 is 16.9 Å². The molecule has 0 aromatic heterocycles. The van der Waals surface area contributed by atoms with E-state index in [1.54, 1.807) is 0 Å². The number of thioether (sulfide) groups is 1. The number of nitrogens with zero attached hydrogens (tertiary/aromatic N) is 3. The topological polar surface area (TPSA) is 48.6 Å². The van der Waals surface area contributed by atoms with Gasteiger partial charge in [-0.25, -0.2) is 0 Å². The molecule has 84 valence electrons. The molecule has 0 aliphatic carbocycles. The first kappa shape index (κ1) is 12.3. The third kappa shape index (κ3) is 3.73. The van der Waals surface area contributed by atoms with Gasteiger partial charge in [-0.2, -0.15) is 5.26 Å². The summed E-state index contributed by atoms with van der Waals surface area (Å²) in [6.07, 6.45) is 6.35.